The average Bonchev–Trinajstić information content (AvgIpc) is 2.48. The number of piperidine rings is 1. The smallest absolute Gasteiger partial charge is 0.256 e. The Bertz CT molecular complexity index is 529. The van der Waals surface area contributed by atoms with Gasteiger partial charge in [0.25, 0.3) is 5.56 Å². The Morgan fingerprint density at radius 2 is 2.10 bits per heavy atom. The molecule has 1 atom stereocenters. The van der Waals surface area contributed by atoms with E-state index in [2.05, 4.69) is 10.3 Å². The standard InChI is InChI=1S/C16H25N3O/c1-12-18-15-8-3-2-7-14(15)16(20)19(12)11-9-13-6-4-5-10-17-13/h13,17H,2-11H2,1H3. The molecule has 1 aromatic heterocycles. The molecule has 0 bridgehead atoms. The second-order valence-electron chi connectivity index (χ2n) is 6.18. The predicted octanol–water partition coefficient (Wildman–Crippen LogP) is 1.96. The van der Waals surface area contributed by atoms with Crippen LogP contribution in [0.5, 0.6) is 0 Å². The summed E-state index contributed by atoms with van der Waals surface area (Å²) in [6.45, 7) is 3.91. The summed E-state index contributed by atoms with van der Waals surface area (Å²) in [5.74, 6) is 0.895. The van der Waals surface area contributed by atoms with E-state index < -0.39 is 0 Å². The number of hydrogen-bond acceptors (Lipinski definition) is 3. The van der Waals surface area contributed by atoms with Crippen LogP contribution in [0.3, 0.4) is 0 Å². The van der Waals surface area contributed by atoms with Crippen molar-refractivity contribution in [3.63, 3.8) is 0 Å². The van der Waals surface area contributed by atoms with Crippen molar-refractivity contribution >= 4 is 0 Å². The highest BCUT2D eigenvalue weighted by atomic mass is 16.1. The van der Waals surface area contributed by atoms with Crippen LogP contribution >= 0.6 is 0 Å². The van der Waals surface area contributed by atoms with Crippen molar-refractivity contribution in [2.75, 3.05) is 6.54 Å². The maximum absolute atomic E-state index is 12.6. The molecule has 0 radical (unpaired) electrons. The Morgan fingerprint density at radius 3 is 2.90 bits per heavy atom. The lowest BCUT2D eigenvalue weighted by atomic mass is 9.97. The first-order chi connectivity index (χ1) is 9.75. The fourth-order valence-corrected chi connectivity index (χ4v) is 3.53. The van der Waals surface area contributed by atoms with Gasteiger partial charge in [-0.3, -0.25) is 9.36 Å². The van der Waals surface area contributed by atoms with Crippen LogP contribution in [0.25, 0.3) is 0 Å². The molecule has 0 spiro atoms. The number of aromatic nitrogens is 2. The van der Waals surface area contributed by atoms with Gasteiger partial charge in [-0.2, -0.15) is 0 Å². The summed E-state index contributed by atoms with van der Waals surface area (Å²) in [7, 11) is 0. The molecular weight excluding hydrogens is 250 g/mol. The van der Waals surface area contributed by atoms with Crippen LogP contribution in [0.2, 0.25) is 0 Å². The molecule has 1 unspecified atom stereocenters. The molecule has 4 heteroatoms. The Labute approximate surface area is 120 Å². The van der Waals surface area contributed by atoms with E-state index in [-0.39, 0.29) is 5.56 Å². The molecule has 0 aromatic carbocycles. The van der Waals surface area contributed by atoms with E-state index in [1.807, 2.05) is 11.5 Å². The molecule has 110 valence electrons. The van der Waals surface area contributed by atoms with E-state index in [0.717, 1.165) is 55.9 Å². The summed E-state index contributed by atoms with van der Waals surface area (Å²) in [5.41, 5.74) is 2.27. The van der Waals surface area contributed by atoms with Crippen LogP contribution in [0.4, 0.5) is 0 Å². The normalized spacial score (nSPS) is 22.6. The zero-order valence-electron chi connectivity index (χ0n) is 12.5. The maximum Gasteiger partial charge on any atom is 0.256 e. The summed E-state index contributed by atoms with van der Waals surface area (Å²) in [6, 6.07) is 0.575. The first kappa shape index (κ1) is 13.8. The van der Waals surface area contributed by atoms with Crippen molar-refractivity contribution in [2.45, 2.75) is 70.9 Å². The van der Waals surface area contributed by atoms with Crippen LogP contribution in [-0.4, -0.2) is 22.1 Å². The molecule has 1 N–H and O–H groups in total. The zero-order valence-corrected chi connectivity index (χ0v) is 12.5. The van der Waals surface area contributed by atoms with Gasteiger partial charge in [0.2, 0.25) is 0 Å². The van der Waals surface area contributed by atoms with Crippen molar-refractivity contribution < 1.29 is 0 Å². The van der Waals surface area contributed by atoms with Gasteiger partial charge in [0.1, 0.15) is 5.82 Å². The van der Waals surface area contributed by atoms with Gasteiger partial charge in [0, 0.05) is 18.2 Å². The van der Waals surface area contributed by atoms with Crippen LogP contribution in [0, 0.1) is 6.92 Å². The summed E-state index contributed by atoms with van der Waals surface area (Å²) in [6.07, 6.45) is 9.10. The quantitative estimate of drug-likeness (QED) is 0.917. The van der Waals surface area contributed by atoms with Crippen molar-refractivity contribution in [3.8, 4) is 0 Å². The minimum Gasteiger partial charge on any atom is -0.314 e. The third-order valence-corrected chi connectivity index (χ3v) is 4.74. The van der Waals surface area contributed by atoms with Crippen LogP contribution in [0.15, 0.2) is 4.79 Å². The molecule has 4 nitrogen and oxygen atoms in total. The van der Waals surface area contributed by atoms with Gasteiger partial charge >= 0.3 is 0 Å². The Morgan fingerprint density at radius 1 is 1.25 bits per heavy atom. The minimum absolute atomic E-state index is 0.225. The second kappa shape index (κ2) is 6.08. The van der Waals surface area contributed by atoms with Gasteiger partial charge < -0.3 is 5.32 Å². The van der Waals surface area contributed by atoms with Crippen molar-refractivity contribution in [2.24, 2.45) is 0 Å². The van der Waals surface area contributed by atoms with Crippen LogP contribution in [0.1, 0.15) is 55.6 Å². The van der Waals surface area contributed by atoms with Crippen molar-refractivity contribution in [3.05, 3.63) is 27.4 Å². The molecular formula is C16H25N3O. The molecule has 3 rings (SSSR count). The van der Waals surface area contributed by atoms with E-state index in [4.69, 9.17) is 0 Å². The van der Waals surface area contributed by atoms with E-state index in [9.17, 15) is 4.79 Å². The highest BCUT2D eigenvalue weighted by Crippen LogP contribution is 2.17. The highest BCUT2D eigenvalue weighted by molar-refractivity contribution is 5.21. The lowest BCUT2D eigenvalue weighted by Crippen LogP contribution is -2.37. The number of nitrogens with zero attached hydrogens (tertiary/aromatic N) is 2. The van der Waals surface area contributed by atoms with Crippen molar-refractivity contribution in [1.29, 1.82) is 0 Å². The summed E-state index contributed by atoms with van der Waals surface area (Å²) in [5, 5.41) is 3.55. The number of nitrogens with one attached hydrogen (secondary N) is 1. The number of rotatable bonds is 3. The van der Waals surface area contributed by atoms with E-state index >= 15 is 0 Å². The summed E-state index contributed by atoms with van der Waals surface area (Å²) >= 11 is 0. The highest BCUT2D eigenvalue weighted by Gasteiger charge is 2.19. The molecule has 1 aliphatic heterocycles. The van der Waals surface area contributed by atoms with E-state index in [0.29, 0.717) is 6.04 Å². The lowest BCUT2D eigenvalue weighted by molar-refractivity contribution is 0.362. The molecule has 2 aliphatic rings. The van der Waals surface area contributed by atoms with Gasteiger partial charge in [-0.1, -0.05) is 6.42 Å². The van der Waals surface area contributed by atoms with E-state index in [1.165, 1.54) is 25.7 Å². The fraction of sp³-hybridized carbons (Fsp3) is 0.750. The molecule has 1 saturated heterocycles. The van der Waals surface area contributed by atoms with Crippen LogP contribution in [-0.2, 0) is 19.4 Å². The Hall–Kier alpha value is -1.16. The van der Waals surface area contributed by atoms with Gasteiger partial charge in [0.15, 0.2) is 0 Å². The molecule has 1 fully saturated rings. The third kappa shape index (κ3) is 2.80. The molecule has 2 heterocycles. The van der Waals surface area contributed by atoms with Crippen molar-refractivity contribution in [1.82, 2.24) is 14.9 Å². The van der Waals surface area contributed by atoms with Gasteiger partial charge in [-0.05, 0) is 58.4 Å². The lowest BCUT2D eigenvalue weighted by Gasteiger charge is -2.24. The molecule has 1 aliphatic carbocycles. The number of hydrogen-bond donors (Lipinski definition) is 1. The Balaban J connectivity index is 1.77. The van der Waals surface area contributed by atoms with Gasteiger partial charge in [-0.15, -0.1) is 0 Å². The minimum atomic E-state index is 0.225. The summed E-state index contributed by atoms with van der Waals surface area (Å²) < 4.78 is 1.90. The maximum atomic E-state index is 12.6. The Kier molecular flexibility index (Phi) is 4.20. The van der Waals surface area contributed by atoms with Gasteiger partial charge in [0.05, 0.1) is 5.69 Å². The molecule has 0 saturated carbocycles. The first-order valence-electron chi connectivity index (χ1n) is 8.08. The zero-order chi connectivity index (χ0) is 13.9. The third-order valence-electron chi connectivity index (χ3n) is 4.74. The average molecular weight is 275 g/mol. The second-order valence-corrected chi connectivity index (χ2v) is 6.18. The number of aryl methyl sites for hydroxylation is 2. The number of fused-ring (bicyclic) bond motifs is 1. The molecule has 20 heavy (non-hydrogen) atoms. The van der Waals surface area contributed by atoms with E-state index in [1.54, 1.807) is 0 Å². The monoisotopic (exact) mass is 275 g/mol. The fourth-order valence-electron chi connectivity index (χ4n) is 3.53. The first-order valence-corrected chi connectivity index (χ1v) is 8.08. The van der Waals surface area contributed by atoms with Crippen LogP contribution < -0.4 is 10.9 Å². The molecule has 0 amide bonds. The van der Waals surface area contributed by atoms with Gasteiger partial charge in [-0.25, -0.2) is 4.98 Å². The predicted molar refractivity (Wildman–Crippen MR) is 80.1 cm³/mol. The summed E-state index contributed by atoms with van der Waals surface area (Å²) in [4.78, 5) is 17.3. The molecule has 1 aromatic rings. The topological polar surface area (TPSA) is 46.9 Å². The SMILES string of the molecule is Cc1nc2c(c(=O)n1CCC1CCCCN1)CCCC2. The largest absolute Gasteiger partial charge is 0.314 e.